The number of likely N-dealkylation sites (tertiary alicyclic amines) is 1. The number of benzene rings is 1. The van der Waals surface area contributed by atoms with Crippen LogP contribution in [0.4, 0.5) is 0 Å². The Labute approximate surface area is 155 Å². The van der Waals surface area contributed by atoms with E-state index in [9.17, 15) is 9.59 Å². The van der Waals surface area contributed by atoms with E-state index in [2.05, 4.69) is 5.10 Å². The molecule has 6 nitrogen and oxygen atoms in total. The molecule has 2 aromatic heterocycles. The summed E-state index contributed by atoms with van der Waals surface area (Å²) in [6, 6.07) is 11.8. The van der Waals surface area contributed by atoms with Crippen LogP contribution in [-0.2, 0) is 4.79 Å². The monoisotopic (exact) mass is 368 g/mol. The summed E-state index contributed by atoms with van der Waals surface area (Å²) in [4.78, 5) is 27.8. The number of nitrogens with two attached hydrogens (primary N) is 1. The zero-order valence-corrected chi connectivity index (χ0v) is 15.3. The normalized spacial score (nSPS) is 17.6. The fraction of sp³-hybridized carbons (Fsp3) is 0.316. The fourth-order valence-corrected chi connectivity index (χ4v) is 4.60. The predicted molar refractivity (Wildman–Crippen MR) is 102 cm³/mol. The van der Waals surface area contributed by atoms with Crippen LogP contribution in [0.2, 0.25) is 0 Å². The third-order valence-corrected chi connectivity index (χ3v) is 5.97. The van der Waals surface area contributed by atoms with Crippen LogP contribution < -0.4 is 5.73 Å². The first kappa shape index (κ1) is 16.8. The van der Waals surface area contributed by atoms with Crippen molar-refractivity contribution < 1.29 is 9.59 Å². The number of fused-ring (bicyclic) bond motifs is 1. The summed E-state index contributed by atoms with van der Waals surface area (Å²) < 4.78 is 1.88. The molecule has 1 aliphatic heterocycles. The van der Waals surface area contributed by atoms with Gasteiger partial charge in [0.05, 0.1) is 22.2 Å². The van der Waals surface area contributed by atoms with E-state index in [4.69, 9.17) is 5.73 Å². The smallest absolute Gasteiger partial charge is 0.264 e. The highest BCUT2D eigenvalue weighted by Crippen LogP contribution is 2.31. The first-order chi connectivity index (χ1) is 12.5. The number of carbonyl (C=O) groups is 2. The minimum Gasteiger partial charge on any atom is -0.369 e. The maximum Gasteiger partial charge on any atom is 0.264 e. The SMILES string of the molecule is Cc1nn(-c2ccccc2)c2sc(C(=O)N3CCCC(C(N)=O)C3)cc12. The van der Waals surface area contributed by atoms with Crippen LogP contribution in [0.25, 0.3) is 15.9 Å². The van der Waals surface area contributed by atoms with Gasteiger partial charge in [-0.15, -0.1) is 11.3 Å². The first-order valence-electron chi connectivity index (χ1n) is 8.68. The molecule has 4 rings (SSSR count). The Hall–Kier alpha value is -2.67. The van der Waals surface area contributed by atoms with Crippen LogP contribution in [0.3, 0.4) is 0 Å². The predicted octanol–water partition coefficient (Wildman–Crippen LogP) is 2.73. The van der Waals surface area contributed by atoms with Crippen LogP contribution >= 0.6 is 11.3 Å². The van der Waals surface area contributed by atoms with Crippen molar-refractivity contribution in [3.8, 4) is 5.69 Å². The molecule has 0 radical (unpaired) electrons. The molecule has 1 saturated heterocycles. The summed E-state index contributed by atoms with van der Waals surface area (Å²) in [5.41, 5.74) is 7.30. The lowest BCUT2D eigenvalue weighted by atomic mass is 9.97. The van der Waals surface area contributed by atoms with Gasteiger partial charge in [0, 0.05) is 18.5 Å². The van der Waals surface area contributed by atoms with E-state index in [0.29, 0.717) is 18.0 Å². The average Bonchev–Trinajstić information content (AvgIpc) is 3.23. The maximum atomic E-state index is 12.9. The van der Waals surface area contributed by atoms with E-state index in [1.807, 2.05) is 48.0 Å². The van der Waals surface area contributed by atoms with Crippen molar-refractivity contribution >= 4 is 33.4 Å². The summed E-state index contributed by atoms with van der Waals surface area (Å²) in [6.45, 7) is 3.03. The minimum atomic E-state index is -0.325. The number of aryl methyl sites for hydroxylation is 1. The molecule has 1 atom stereocenters. The minimum absolute atomic E-state index is 0.0313. The molecule has 0 saturated carbocycles. The van der Waals surface area contributed by atoms with Crippen LogP contribution in [0.5, 0.6) is 0 Å². The number of nitrogens with zero attached hydrogens (tertiary/aromatic N) is 3. The van der Waals surface area contributed by atoms with Gasteiger partial charge in [0.2, 0.25) is 5.91 Å². The van der Waals surface area contributed by atoms with Crippen molar-refractivity contribution in [2.45, 2.75) is 19.8 Å². The van der Waals surface area contributed by atoms with Gasteiger partial charge in [0.15, 0.2) is 0 Å². The van der Waals surface area contributed by atoms with Crippen LogP contribution in [0, 0.1) is 12.8 Å². The Morgan fingerprint density at radius 2 is 2.04 bits per heavy atom. The van der Waals surface area contributed by atoms with E-state index in [1.165, 1.54) is 11.3 Å². The number of carbonyl (C=O) groups excluding carboxylic acids is 2. The van der Waals surface area contributed by atoms with Crippen molar-refractivity contribution in [3.63, 3.8) is 0 Å². The fourth-order valence-electron chi connectivity index (χ4n) is 3.45. The molecule has 26 heavy (non-hydrogen) atoms. The van der Waals surface area contributed by atoms with Crippen molar-refractivity contribution in [3.05, 3.63) is 47.0 Å². The second kappa shape index (κ2) is 6.57. The lowest BCUT2D eigenvalue weighted by molar-refractivity contribution is -0.123. The average molecular weight is 368 g/mol. The summed E-state index contributed by atoms with van der Waals surface area (Å²) >= 11 is 1.44. The zero-order valence-electron chi connectivity index (χ0n) is 14.5. The Bertz CT molecular complexity index is 976. The van der Waals surface area contributed by atoms with Crippen molar-refractivity contribution in [2.24, 2.45) is 11.7 Å². The molecular weight excluding hydrogens is 348 g/mol. The molecule has 3 aromatic rings. The van der Waals surface area contributed by atoms with Gasteiger partial charge in [-0.25, -0.2) is 4.68 Å². The molecule has 1 fully saturated rings. The van der Waals surface area contributed by atoms with E-state index in [1.54, 1.807) is 4.90 Å². The third-order valence-electron chi connectivity index (χ3n) is 4.87. The van der Waals surface area contributed by atoms with E-state index in [-0.39, 0.29) is 17.7 Å². The van der Waals surface area contributed by atoms with Gasteiger partial charge in [-0.05, 0) is 38.0 Å². The molecule has 2 N–H and O–H groups in total. The van der Waals surface area contributed by atoms with Crippen molar-refractivity contribution in [1.82, 2.24) is 14.7 Å². The Morgan fingerprint density at radius 1 is 1.27 bits per heavy atom. The van der Waals surface area contributed by atoms with Gasteiger partial charge >= 0.3 is 0 Å². The number of aromatic nitrogens is 2. The van der Waals surface area contributed by atoms with Crippen LogP contribution in [0.15, 0.2) is 36.4 Å². The van der Waals surface area contributed by atoms with Crippen molar-refractivity contribution in [1.29, 1.82) is 0 Å². The molecule has 0 bridgehead atoms. The van der Waals surface area contributed by atoms with Gasteiger partial charge in [-0.1, -0.05) is 18.2 Å². The topological polar surface area (TPSA) is 81.2 Å². The van der Waals surface area contributed by atoms with Gasteiger partial charge in [-0.2, -0.15) is 5.10 Å². The number of piperidine rings is 1. The zero-order chi connectivity index (χ0) is 18.3. The second-order valence-corrected chi connectivity index (χ2v) is 7.69. The Morgan fingerprint density at radius 3 is 2.77 bits per heavy atom. The number of para-hydroxylation sites is 1. The summed E-state index contributed by atoms with van der Waals surface area (Å²) in [5, 5.41) is 5.60. The van der Waals surface area contributed by atoms with E-state index >= 15 is 0 Å². The highest BCUT2D eigenvalue weighted by Gasteiger charge is 2.29. The number of hydrogen-bond donors (Lipinski definition) is 1. The van der Waals surface area contributed by atoms with E-state index < -0.39 is 0 Å². The third kappa shape index (κ3) is 2.88. The highest BCUT2D eigenvalue weighted by atomic mass is 32.1. The van der Waals surface area contributed by atoms with Gasteiger partial charge < -0.3 is 10.6 Å². The quantitative estimate of drug-likeness (QED) is 0.772. The number of amides is 2. The molecule has 0 spiro atoms. The molecule has 3 heterocycles. The Kier molecular flexibility index (Phi) is 4.24. The van der Waals surface area contributed by atoms with Gasteiger partial charge in [-0.3, -0.25) is 9.59 Å². The molecule has 1 unspecified atom stereocenters. The maximum absolute atomic E-state index is 12.9. The lowest BCUT2D eigenvalue weighted by Gasteiger charge is -2.30. The summed E-state index contributed by atoms with van der Waals surface area (Å²) in [6.07, 6.45) is 1.56. The standard InChI is InChI=1S/C19H20N4O2S/c1-12-15-10-16(18(25)22-9-5-6-13(11-22)17(20)24)26-19(15)23(21-12)14-7-3-2-4-8-14/h2-4,7-8,10,13H,5-6,9,11H2,1H3,(H2,20,24). The number of thiophene rings is 1. The molecule has 0 aliphatic carbocycles. The van der Waals surface area contributed by atoms with Crippen LogP contribution in [-0.4, -0.2) is 39.6 Å². The first-order valence-corrected chi connectivity index (χ1v) is 9.49. The summed E-state index contributed by atoms with van der Waals surface area (Å²) in [7, 11) is 0. The summed E-state index contributed by atoms with van der Waals surface area (Å²) in [5.74, 6) is -0.603. The van der Waals surface area contributed by atoms with Crippen LogP contribution in [0.1, 0.15) is 28.2 Å². The molecule has 1 aliphatic rings. The molecule has 2 amide bonds. The highest BCUT2D eigenvalue weighted by molar-refractivity contribution is 7.20. The van der Waals surface area contributed by atoms with Crippen molar-refractivity contribution in [2.75, 3.05) is 13.1 Å². The number of primary amides is 1. The second-order valence-electron chi connectivity index (χ2n) is 6.65. The number of rotatable bonds is 3. The molecule has 7 heteroatoms. The Balaban J connectivity index is 1.67. The van der Waals surface area contributed by atoms with E-state index in [0.717, 1.165) is 34.4 Å². The molecule has 134 valence electrons. The molecular formula is C19H20N4O2S. The van der Waals surface area contributed by atoms with Gasteiger partial charge in [0.25, 0.3) is 5.91 Å². The molecule has 1 aromatic carbocycles. The lowest BCUT2D eigenvalue weighted by Crippen LogP contribution is -2.43. The van der Waals surface area contributed by atoms with Gasteiger partial charge in [0.1, 0.15) is 4.83 Å². The number of hydrogen-bond acceptors (Lipinski definition) is 4. The largest absolute Gasteiger partial charge is 0.369 e.